The summed E-state index contributed by atoms with van der Waals surface area (Å²) in [5.74, 6) is -1.75. The molecule has 0 unspecified atom stereocenters. The Balaban J connectivity index is 1.75. The van der Waals surface area contributed by atoms with E-state index in [1.165, 1.54) is 30.3 Å². The molecule has 0 amide bonds. The minimum Gasteiger partial charge on any atom is -0.332 e. The molecule has 4 aromatic rings. The van der Waals surface area contributed by atoms with Gasteiger partial charge in [-0.15, -0.1) is 0 Å². The van der Waals surface area contributed by atoms with Gasteiger partial charge in [0.25, 0.3) is 0 Å². The zero-order valence-corrected chi connectivity index (χ0v) is 16.2. The van der Waals surface area contributed by atoms with Crippen LogP contribution < -0.4 is 4.90 Å². The molecule has 0 fully saturated rings. The largest absolute Gasteiger partial charge is 0.332 e. The summed E-state index contributed by atoms with van der Waals surface area (Å²) in [7, 11) is 0. The van der Waals surface area contributed by atoms with Gasteiger partial charge in [0.05, 0.1) is 5.69 Å². The van der Waals surface area contributed by atoms with Crippen molar-refractivity contribution in [2.75, 3.05) is 4.90 Å². The molecule has 0 aromatic heterocycles. The van der Waals surface area contributed by atoms with E-state index < -0.39 is 17.5 Å². The topological polar surface area (TPSA) is 15.6 Å². The monoisotopic (exact) mass is 402 g/mol. The molecule has 0 saturated carbocycles. The van der Waals surface area contributed by atoms with Crippen LogP contribution in [0.2, 0.25) is 0 Å². The van der Waals surface area contributed by atoms with Gasteiger partial charge in [0, 0.05) is 34.3 Å². The van der Waals surface area contributed by atoms with Crippen LogP contribution in [0.15, 0.2) is 77.8 Å². The Kier molecular flexibility index (Phi) is 4.31. The van der Waals surface area contributed by atoms with Crippen LogP contribution in [0.4, 0.5) is 30.2 Å². The molecule has 30 heavy (non-hydrogen) atoms. The highest BCUT2D eigenvalue weighted by Crippen LogP contribution is 2.43. The second-order valence-corrected chi connectivity index (χ2v) is 7.32. The fourth-order valence-electron chi connectivity index (χ4n) is 4.09. The molecular weight excluding hydrogens is 385 g/mol. The Morgan fingerprint density at radius 2 is 1.57 bits per heavy atom. The Bertz CT molecular complexity index is 1310. The lowest BCUT2D eigenvalue weighted by atomic mass is 10.00. The first-order valence-corrected chi connectivity index (χ1v) is 9.60. The number of halogens is 3. The summed E-state index contributed by atoms with van der Waals surface area (Å²) in [6, 6.07) is 19.3. The van der Waals surface area contributed by atoms with E-state index in [9.17, 15) is 13.2 Å². The number of anilines is 2. The zero-order chi connectivity index (χ0) is 20.8. The summed E-state index contributed by atoms with van der Waals surface area (Å²) in [5.41, 5.74) is 3.81. The molecule has 0 radical (unpaired) electrons. The molecule has 0 spiro atoms. The molecular formula is C25H17F3N2. The predicted octanol–water partition coefficient (Wildman–Crippen LogP) is 7.05. The number of nitrogens with zero attached hydrogens (tertiary/aromatic N) is 2. The maximum atomic E-state index is 14.8. The highest BCUT2D eigenvalue weighted by Gasteiger charge is 2.24. The SMILES string of the molecule is CC1=Nc2ccc(N(Cc3cccc(F)c3)c3c(F)cccc3F)c3cccc1c23. The van der Waals surface area contributed by atoms with E-state index >= 15 is 0 Å². The lowest BCUT2D eigenvalue weighted by molar-refractivity contribution is 0.579. The van der Waals surface area contributed by atoms with Crippen molar-refractivity contribution in [3.05, 3.63) is 101 Å². The molecule has 4 aromatic carbocycles. The van der Waals surface area contributed by atoms with Crippen molar-refractivity contribution >= 4 is 33.5 Å². The number of aliphatic imine (C=N–C) groups is 1. The van der Waals surface area contributed by atoms with Crippen LogP contribution in [0.5, 0.6) is 0 Å². The summed E-state index contributed by atoms with van der Waals surface area (Å²) in [4.78, 5) is 6.17. The van der Waals surface area contributed by atoms with Crippen molar-refractivity contribution in [2.45, 2.75) is 13.5 Å². The molecule has 1 heterocycles. The fraction of sp³-hybridized carbons (Fsp3) is 0.0800. The van der Waals surface area contributed by atoms with Crippen LogP contribution in [0, 0.1) is 17.5 Å². The van der Waals surface area contributed by atoms with E-state index in [1.54, 1.807) is 17.0 Å². The summed E-state index contributed by atoms with van der Waals surface area (Å²) < 4.78 is 43.5. The van der Waals surface area contributed by atoms with Crippen molar-refractivity contribution in [3.8, 4) is 0 Å². The lowest BCUT2D eigenvalue weighted by Gasteiger charge is -2.27. The van der Waals surface area contributed by atoms with Gasteiger partial charge in [0.2, 0.25) is 0 Å². The zero-order valence-electron chi connectivity index (χ0n) is 16.2. The van der Waals surface area contributed by atoms with Crippen molar-refractivity contribution in [2.24, 2.45) is 4.99 Å². The van der Waals surface area contributed by atoms with E-state index in [0.29, 0.717) is 11.3 Å². The van der Waals surface area contributed by atoms with Crippen LogP contribution in [-0.4, -0.2) is 5.71 Å². The first-order chi connectivity index (χ1) is 14.5. The van der Waals surface area contributed by atoms with Crippen molar-refractivity contribution in [1.29, 1.82) is 0 Å². The number of benzene rings is 4. The van der Waals surface area contributed by atoms with Gasteiger partial charge in [-0.3, -0.25) is 4.99 Å². The Morgan fingerprint density at radius 1 is 0.833 bits per heavy atom. The van der Waals surface area contributed by atoms with Gasteiger partial charge in [-0.2, -0.15) is 0 Å². The van der Waals surface area contributed by atoms with Crippen LogP contribution in [0.3, 0.4) is 0 Å². The van der Waals surface area contributed by atoms with E-state index in [-0.39, 0.29) is 12.2 Å². The van der Waals surface area contributed by atoms with E-state index in [0.717, 1.165) is 27.7 Å². The summed E-state index contributed by atoms with van der Waals surface area (Å²) >= 11 is 0. The number of hydrogen-bond donors (Lipinski definition) is 0. The third-order valence-electron chi connectivity index (χ3n) is 5.40. The van der Waals surface area contributed by atoms with Gasteiger partial charge in [-0.05, 0) is 48.9 Å². The summed E-state index contributed by atoms with van der Waals surface area (Å²) in [6.45, 7) is 2.05. The molecule has 1 aliphatic heterocycles. The Labute approximate surface area is 171 Å². The summed E-state index contributed by atoms with van der Waals surface area (Å²) in [6.07, 6.45) is 0. The Morgan fingerprint density at radius 3 is 2.33 bits per heavy atom. The van der Waals surface area contributed by atoms with Gasteiger partial charge in [-0.25, -0.2) is 13.2 Å². The van der Waals surface area contributed by atoms with Gasteiger partial charge < -0.3 is 4.90 Å². The molecule has 5 rings (SSSR count). The van der Waals surface area contributed by atoms with Crippen LogP contribution in [0.25, 0.3) is 10.8 Å². The van der Waals surface area contributed by atoms with Crippen molar-refractivity contribution < 1.29 is 13.2 Å². The van der Waals surface area contributed by atoms with Crippen LogP contribution in [0.1, 0.15) is 18.1 Å². The molecule has 1 aliphatic rings. The Hall–Kier alpha value is -3.60. The van der Waals surface area contributed by atoms with E-state index in [1.807, 2.05) is 37.3 Å². The fourth-order valence-corrected chi connectivity index (χ4v) is 4.09. The molecule has 0 bridgehead atoms. The predicted molar refractivity (Wildman–Crippen MR) is 114 cm³/mol. The minimum absolute atomic E-state index is 0.105. The van der Waals surface area contributed by atoms with Crippen molar-refractivity contribution in [1.82, 2.24) is 0 Å². The van der Waals surface area contributed by atoms with Gasteiger partial charge in [0.1, 0.15) is 23.1 Å². The molecule has 0 atom stereocenters. The normalized spacial score (nSPS) is 12.3. The van der Waals surface area contributed by atoms with Gasteiger partial charge in [0.15, 0.2) is 0 Å². The van der Waals surface area contributed by atoms with E-state index in [2.05, 4.69) is 4.99 Å². The third-order valence-corrected chi connectivity index (χ3v) is 5.40. The maximum Gasteiger partial charge on any atom is 0.149 e. The second kappa shape index (κ2) is 7.02. The van der Waals surface area contributed by atoms with Gasteiger partial charge in [-0.1, -0.05) is 36.4 Å². The van der Waals surface area contributed by atoms with Crippen LogP contribution in [-0.2, 0) is 6.54 Å². The highest BCUT2D eigenvalue weighted by atomic mass is 19.1. The highest BCUT2D eigenvalue weighted by molar-refractivity contribution is 6.21. The van der Waals surface area contributed by atoms with Crippen molar-refractivity contribution in [3.63, 3.8) is 0 Å². The molecule has 0 saturated heterocycles. The second-order valence-electron chi connectivity index (χ2n) is 7.32. The molecule has 148 valence electrons. The number of para-hydroxylation sites is 1. The number of rotatable bonds is 4. The first-order valence-electron chi connectivity index (χ1n) is 9.60. The third kappa shape index (κ3) is 2.94. The first kappa shape index (κ1) is 18.4. The van der Waals surface area contributed by atoms with E-state index in [4.69, 9.17) is 0 Å². The van der Waals surface area contributed by atoms with Crippen LogP contribution >= 0.6 is 0 Å². The molecule has 5 heteroatoms. The maximum absolute atomic E-state index is 14.8. The average Bonchev–Trinajstić information content (AvgIpc) is 3.05. The minimum atomic E-state index is -0.679. The molecule has 0 aliphatic carbocycles. The average molecular weight is 402 g/mol. The molecule has 2 nitrogen and oxygen atoms in total. The van der Waals surface area contributed by atoms with Gasteiger partial charge >= 0.3 is 0 Å². The summed E-state index contributed by atoms with van der Waals surface area (Å²) in [5, 5.41) is 1.79. The molecule has 0 N–H and O–H groups in total. The smallest absolute Gasteiger partial charge is 0.149 e. The number of hydrogen-bond acceptors (Lipinski definition) is 2. The standard InChI is InChI=1S/C25H17F3N2/c1-15-18-7-3-8-19-23(12-11-22(29-15)24(18)19)30(14-16-5-2-6-17(26)13-16)25-20(27)9-4-10-21(25)28/h2-13H,14H2,1H3. The quantitative estimate of drug-likeness (QED) is 0.357. The lowest BCUT2D eigenvalue weighted by Crippen LogP contribution is -2.19.